The molecule has 4 rings (SSSR count). The maximum atomic E-state index is 12.7. The Kier molecular flexibility index (Phi) is 3.88. The minimum atomic E-state index is -0.486. The summed E-state index contributed by atoms with van der Waals surface area (Å²) >= 11 is 7.38. The molecule has 24 heavy (non-hydrogen) atoms. The van der Waals surface area contributed by atoms with Crippen LogP contribution in [-0.2, 0) is 10.3 Å². The molecule has 3 aromatic rings. The maximum Gasteiger partial charge on any atom is 0.262 e. The Labute approximate surface area is 147 Å². The fraction of sp³-hybridized carbons (Fsp3) is 0.176. The summed E-state index contributed by atoms with van der Waals surface area (Å²) in [5, 5.41) is 10.6. The van der Waals surface area contributed by atoms with E-state index in [-0.39, 0.29) is 5.91 Å². The normalized spacial score (nSPS) is 15.7. The Morgan fingerprint density at radius 3 is 2.62 bits per heavy atom. The Morgan fingerprint density at radius 2 is 2.00 bits per heavy atom. The van der Waals surface area contributed by atoms with Gasteiger partial charge in [0.05, 0.1) is 28.7 Å². The van der Waals surface area contributed by atoms with Crippen molar-refractivity contribution in [2.75, 3.05) is 13.2 Å². The zero-order valence-corrected chi connectivity index (χ0v) is 14.2. The van der Waals surface area contributed by atoms with E-state index in [1.54, 1.807) is 6.20 Å². The molecule has 1 aromatic carbocycles. The highest BCUT2D eigenvalue weighted by Crippen LogP contribution is 2.32. The number of carbonyl (C=O) groups is 1. The van der Waals surface area contributed by atoms with Gasteiger partial charge in [-0.25, -0.2) is 0 Å². The van der Waals surface area contributed by atoms with Gasteiger partial charge in [-0.1, -0.05) is 23.7 Å². The van der Waals surface area contributed by atoms with Crippen LogP contribution in [0, 0.1) is 0 Å². The lowest BCUT2D eigenvalue weighted by Crippen LogP contribution is -2.59. The molecular formula is C17H14ClN3O2S. The topological polar surface area (TPSA) is 67.0 Å². The number of amides is 1. The van der Waals surface area contributed by atoms with Gasteiger partial charge in [-0.15, -0.1) is 11.3 Å². The predicted octanol–water partition coefficient (Wildman–Crippen LogP) is 3.45. The molecule has 5 nitrogen and oxygen atoms in total. The number of hydrogen-bond donors (Lipinski definition) is 2. The van der Waals surface area contributed by atoms with Crippen molar-refractivity contribution in [3.63, 3.8) is 0 Å². The van der Waals surface area contributed by atoms with E-state index >= 15 is 0 Å². The van der Waals surface area contributed by atoms with Crippen molar-refractivity contribution < 1.29 is 9.53 Å². The monoisotopic (exact) mass is 359 g/mol. The van der Waals surface area contributed by atoms with Gasteiger partial charge in [0.25, 0.3) is 5.91 Å². The fourth-order valence-electron chi connectivity index (χ4n) is 2.66. The van der Waals surface area contributed by atoms with E-state index in [1.807, 2.05) is 42.5 Å². The van der Waals surface area contributed by atoms with Crippen molar-refractivity contribution in [1.82, 2.24) is 15.5 Å². The van der Waals surface area contributed by atoms with Crippen LogP contribution in [-0.4, -0.2) is 29.3 Å². The zero-order valence-electron chi connectivity index (χ0n) is 12.6. The second-order valence-corrected chi connectivity index (χ2v) is 7.19. The van der Waals surface area contributed by atoms with E-state index in [1.165, 1.54) is 11.3 Å². The molecule has 0 aliphatic carbocycles. The molecule has 0 radical (unpaired) electrons. The van der Waals surface area contributed by atoms with Crippen LogP contribution in [0.1, 0.15) is 15.2 Å². The molecule has 7 heteroatoms. The molecule has 2 aromatic heterocycles. The number of aromatic nitrogens is 2. The van der Waals surface area contributed by atoms with Gasteiger partial charge in [0.2, 0.25) is 0 Å². The van der Waals surface area contributed by atoms with Gasteiger partial charge in [0.1, 0.15) is 5.54 Å². The molecule has 0 atom stereocenters. The SMILES string of the molecule is O=C(NC1(c2ccc(Cl)cc2)COC1)c1ccc(-c2ccn[nH]2)s1. The van der Waals surface area contributed by atoms with Gasteiger partial charge in [-0.3, -0.25) is 9.89 Å². The van der Waals surface area contributed by atoms with E-state index in [0.29, 0.717) is 23.1 Å². The molecule has 1 aliphatic heterocycles. The fourth-order valence-corrected chi connectivity index (χ4v) is 3.67. The van der Waals surface area contributed by atoms with Gasteiger partial charge in [0.15, 0.2) is 0 Å². The molecule has 122 valence electrons. The molecule has 0 spiro atoms. The van der Waals surface area contributed by atoms with E-state index < -0.39 is 5.54 Å². The van der Waals surface area contributed by atoms with Crippen LogP contribution < -0.4 is 5.32 Å². The van der Waals surface area contributed by atoms with Crippen molar-refractivity contribution in [2.24, 2.45) is 0 Å². The predicted molar refractivity (Wildman–Crippen MR) is 93.3 cm³/mol. The first-order chi connectivity index (χ1) is 11.7. The summed E-state index contributed by atoms with van der Waals surface area (Å²) in [4.78, 5) is 14.3. The third-order valence-corrected chi connectivity index (χ3v) is 5.41. The molecule has 1 aliphatic rings. The van der Waals surface area contributed by atoms with Gasteiger partial charge in [-0.2, -0.15) is 5.10 Å². The lowest BCUT2D eigenvalue weighted by atomic mass is 9.88. The molecular weight excluding hydrogens is 346 g/mol. The largest absolute Gasteiger partial charge is 0.376 e. The number of carbonyl (C=O) groups excluding carboxylic acids is 1. The van der Waals surface area contributed by atoms with Crippen LogP contribution in [0.2, 0.25) is 5.02 Å². The molecule has 0 unspecified atom stereocenters. The van der Waals surface area contributed by atoms with Crippen LogP contribution in [0.5, 0.6) is 0 Å². The van der Waals surface area contributed by atoms with Crippen LogP contribution in [0.25, 0.3) is 10.6 Å². The molecule has 0 bridgehead atoms. The smallest absolute Gasteiger partial charge is 0.262 e. The lowest BCUT2D eigenvalue weighted by Gasteiger charge is -2.42. The highest BCUT2D eigenvalue weighted by Gasteiger charge is 2.42. The number of nitrogens with zero attached hydrogens (tertiary/aromatic N) is 1. The average molecular weight is 360 g/mol. The highest BCUT2D eigenvalue weighted by molar-refractivity contribution is 7.17. The standard InChI is InChI=1S/C17H14ClN3O2S/c18-12-3-1-11(2-4-12)17(9-23-10-17)20-16(22)15-6-5-14(24-15)13-7-8-19-21-13/h1-8H,9-10H2,(H,19,21)(H,20,22). The zero-order chi connectivity index (χ0) is 16.6. The molecule has 3 heterocycles. The number of ether oxygens (including phenoxy) is 1. The molecule has 0 saturated carbocycles. The second-order valence-electron chi connectivity index (χ2n) is 5.67. The number of hydrogen-bond acceptors (Lipinski definition) is 4. The second kappa shape index (κ2) is 6.05. The highest BCUT2D eigenvalue weighted by atomic mass is 35.5. The first-order valence-electron chi connectivity index (χ1n) is 7.42. The first-order valence-corrected chi connectivity index (χ1v) is 8.62. The molecule has 2 N–H and O–H groups in total. The quantitative estimate of drug-likeness (QED) is 0.749. The molecule has 1 amide bonds. The minimum Gasteiger partial charge on any atom is -0.376 e. The van der Waals surface area contributed by atoms with Gasteiger partial charge in [0, 0.05) is 11.2 Å². The van der Waals surface area contributed by atoms with E-state index in [0.717, 1.165) is 16.1 Å². The van der Waals surface area contributed by atoms with Crippen molar-refractivity contribution in [1.29, 1.82) is 0 Å². The Bertz CT molecular complexity index is 854. The van der Waals surface area contributed by atoms with Gasteiger partial charge < -0.3 is 10.1 Å². The summed E-state index contributed by atoms with van der Waals surface area (Å²) in [7, 11) is 0. The third-order valence-electron chi connectivity index (χ3n) is 4.04. The Balaban J connectivity index is 1.55. The van der Waals surface area contributed by atoms with E-state index in [2.05, 4.69) is 15.5 Å². The number of aromatic amines is 1. The molecule has 1 saturated heterocycles. The van der Waals surface area contributed by atoms with Crippen molar-refractivity contribution in [3.8, 4) is 10.6 Å². The Morgan fingerprint density at radius 1 is 1.21 bits per heavy atom. The lowest BCUT2D eigenvalue weighted by molar-refractivity contribution is -0.0733. The van der Waals surface area contributed by atoms with Crippen molar-refractivity contribution in [2.45, 2.75) is 5.54 Å². The number of nitrogens with one attached hydrogen (secondary N) is 2. The van der Waals surface area contributed by atoms with Gasteiger partial charge >= 0.3 is 0 Å². The van der Waals surface area contributed by atoms with Crippen molar-refractivity contribution >= 4 is 28.8 Å². The first kappa shape index (κ1) is 15.4. The van der Waals surface area contributed by atoms with Crippen molar-refractivity contribution in [3.05, 3.63) is 64.1 Å². The number of H-pyrrole nitrogens is 1. The van der Waals surface area contributed by atoms with Crippen LogP contribution in [0.15, 0.2) is 48.7 Å². The average Bonchev–Trinajstić information content (AvgIpc) is 3.22. The number of rotatable bonds is 4. The maximum absolute atomic E-state index is 12.7. The summed E-state index contributed by atoms with van der Waals surface area (Å²) in [6.45, 7) is 0.915. The van der Waals surface area contributed by atoms with Crippen LogP contribution >= 0.6 is 22.9 Å². The third kappa shape index (κ3) is 2.73. The van der Waals surface area contributed by atoms with E-state index in [4.69, 9.17) is 16.3 Å². The number of halogens is 1. The van der Waals surface area contributed by atoms with Crippen LogP contribution in [0.3, 0.4) is 0 Å². The number of benzene rings is 1. The summed E-state index contributed by atoms with van der Waals surface area (Å²) < 4.78 is 5.37. The minimum absolute atomic E-state index is 0.107. The van der Waals surface area contributed by atoms with Gasteiger partial charge in [-0.05, 0) is 35.9 Å². The van der Waals surface area contributed by atoms with E-state index in [9.17, 15) is 4.79 Å². The number of thiophene rings is 1. The molecule has 1 fully saturated rings. The summed E-state index contributed by atoms with van der Waals surface area (Å²) in [5.41, 5.74) is 1.41. The van der Waals surface area contributed by atoms with Crippen LogP contribution in [0.4, 0.5) is 0 Å². The summed E-state index contributed by atoms with van der Waals surface area (Å²) in [6.07, 6.45) is 1.69. The summed E-state index contributed by atoms with van der Waals surface area (Å²) in [5.74, 6) is -0.107. The summed E-state index contributed by atoms with van der Waals surface area (Å²) in [6, 6.07) is 13.1. The Hall–Kier alpha value is -2.15.